The van der Waals surface area contributed by atoms with Crippen molar-refractivity contribution in [2.45, 2.75) is 44.2 Å². The summed E-state index contributed by atoms with van der Waals surface area (Å²) in [6, 6.07) is 9.07. The van der Waals surface area contributed by atoms with Gasteiger partial charge in [0.05, 0.1) is 25.7 Å². The van der Waals surface area contributed by atoms with Gasteiger partial charge in [0.15, 0.2) is 0 Å². The summed E-state index contributed by atoms with van der Waals surface area (Å²) in [5, 5.41) is 11.2. The van der Waals surface area contributed by atoms with E-state index in [1.807, 2.05) is 35.2 Å². The lowest BCUT2D eigenvalue weighted by Gasteiger charge is -2.37. The Balaban J connectivity index is 1.71. The topological polar surface area (TPSA) is 62.9 Å². The number of methoxy groups -OCH3 is 1. The summed E-state index contributed by atoms with van der Waals surface area (Å²) in [6.45, 7) is 2.49. The molecule has 25 heavy (non-hydrogen) atoms. The third-order valence-electron chi connectivity index (χ3n) is 5.10. The van der Waals surface area contributed by atoms with Crippen LogP contribution in [0, 0.1) is 0 Å². The molecule has 1 aliphatic rings. The van der Waals surface area contributed by atoms with Gasteiger partial charge in [-0.3, -0.25) is 4.79 Å². The normalized spacial score (nSPS) is 19.6. The van der Waals surface area contributed by atoms with E-state index in [1.54, 1.807) is 26.6 Å². The molecule has 1 fully saturated rings. The smallest absolute Gasteiger partial charge is 0.223 e. The Morgan fingerprint density at radius 1 is 1.36 bits per heavy atom. The van der Waals surface area contributed by atoms with E-state index in [2.05, 4.69) is 0 Å². The number of likely N-dealkylation sites (tertiary alicyclic amines) is 1. The molecule has 0 aliphatic carbocycles. The summed E-state index contributed by atoms with van der Waals surface area (Å²) in [5.74, 6) is 0.830. The predicted octanol–water partition coefficient (Wildman–Crippen LogP) is 3.12. The third-order valence-corrected chi connectivity index (χ3v) is 5.10. The van der Waals surface area contributed by atoms with Crippen LogP contribution >= 0.6 is 0 Å². The van der Waals surface area contributed by atoms with Crippen molar-refractivity contribution in [3.63, 3.8) is 0 Å². The summed E-state index contributed by atoms with van der Waals surface area (Å²) < 4.78 is 10.2. The summed E-state index contributed by atoms with van der Waals surface area (Å²) in [4.78, 5) is 14.5. The van der Waals surface area contributed by atoms with Crippen molar-refractivity contribution in [3.8, 4) is 5.75 Å². The second-order valence-electron chi connectivity index (χ2n) is 6.75. The molecule has 2 atom stereocenters. The molecule has 0 spiro atoms. The molecule has 2 aromatic rings. The molecule has 134 valence electrons. The first-order valence-corrected chi connectivity index (χ1v) is 8.70. The average molecular weight is 343 g/mol. The minimum absolute atomic E-state index is 0.0810. The molecule has 2 heterocycles. The van der Waals surface area contributed by atoms with E-state index in [-0.39, 0.29) is 11.9 Å². The lowest BCUT2D eigenvalue weighted by molar-refractivity contribution is -0.137. The molecular formula is C20H25NO4. The molecule has 5 heteroatoms. The first-order chi connectivity index (χ1) is 12.0. The first kappa shape index (κ1) is 17.5. The number of hydrogen-bond acceptors (Lipinski definition) is 4. The van der Waals surface area contributed by atoms with Crippen molar-refractivity contribution in [2.75, 3.05) is 13.7 Å². The number of rotatable bonds is 6. The Bertz CT molecular complexity index is 691. The number of furan rings is 1. The van der Waals surface area contributed by atoms with Gasteiger partial charge in [0, 0.05) is 13.0 Å². The Morgan fingerprint density at radius 3 is 2.76 bits per heavy atom. The standard InChI is InChI=1S/C20H25NO4/c1-20(23,16-6-8-17(24-2)9-7-16)18-4-3-12-21(18)19(22)10-5-15-11-13-25-14-15/h6-9,11,13-14,18,23H,3-5,10,12H2,1-2H3/t18-,20-/m0/s1. The van der Waals surface area contributed by atoms with Crippen LogP contribution in [0.1, 0.15) is 37.3 Å². The number of aliphatic hydroxyl groups is 1. The highest BCUT2D eigenvalue weighted by molar-refractivity contribution is 5.77. The van der Waals surface area contributed by atoms with E-state index in [0.29, 0.717) is 19.4 Å². The van der Waals surface area contributed by atoms with E-state index in [0.717, 1.165) is 29.7 Å². The van der Waals surface area contributed by atoms with Gasteiger partial charge in [0.25, 0.3) is 0 Å². The summed E-state index contributed by atoms with van der Waals surface area (Å²) in [5.41, 5.74) is 0.729. The van der Waals surface area contributed by atoms with Crippen molar-refractivity contribution in [2.24, 2.45) is 0 Å². The number of aryl methyl sites for hydroxylation is 1. The quantitative estimate of drug-likeness (QED) is 0.875. The van der Waals surface area contributed by atoms with Crippen LogP contribution in [0.3, 0.4) is 0 Å². The molecule has 1 aromatic carbocycles. The van der Waals surface area contributed by atoms with Gasteiger partial charge in [-0.1, -0.05) is 12.1 Å². The molecule has 5 nitrogen and oxygen atoms in total. The zero-order valence-corrected chi connectivity index (χ0v) is 14.8. The lowest BCUT2D eigenvalue weighted by Crippen LogP contribution is -2.48. The highest BCUT2D eigenvalue weighted by Crippen LogP contribution is 2.35. The van der Waals surface area contributed by atoms with Crippen LogP contribution in [0.4, 0.5) is 0 Å². The highest BCUT2D eigenvalue weighted by atomic mass is 16.5. The molecule has 1 saturated heterocycles. The van der Waals surface area contributed by atoms with Crippen molar-refractivity contribution in [1.29, 1.82) is 0 Å². The van der Waals surface area contributed by atoms with E-state index < -0.39 is 5.60 Å². The second kappa shape index (κ2) is 7.31. The fourth-order valence-electron chi connectivity index (χ4n) is 3.60. The lowest BCUT2D eigenvalue weighted by atomic mass is 9.86. The van der Waals surface area contributed by atoms with E-state index in [9.17, 15) is 9.90 Å². The number of hydrogen-bond donors (Lipinski definition) is 1. The molecule has 1 amide bonds. The maximum absolute atomic E-state index is 12.7. The molecule has 0 radical (unpaired) electrons. The van der Waals surface area contributed by atoms with Crippen LogP contribution in [0.2, 0.25) is 0 Å². The van der Waals surface area contributed by atoms with Crippen LogP contribution in [-0.2, 0) is 16.8 Å². The van der Waals surface area contributed by atoms with Crippen molar-refractivity contribution in [3.05, 3.63) is 54.0 Å². The van der Waals surface area contributed by atoms with Crippen LogP contribution in [0.15, 0.2) is 47.3 Å². The van der Waals surface area contributed by atoms with Gasteiger partial charge in [-0.25, -0.2) is 0 Å². The van der Waals surface area contributed by atoms with E-state index in [4.69, 9.17) is 9.15 Å². The van der Waals surface area contributed by atoms with Crippen LogP contribution in [0.5, 0.6) is 5.75 Å². The van der Waals surface area contributed by atoms with Gasteiger partial charge in [-0.2, -0.15) is 0 Å². The number of amides is 1. The van der Waals surface area contributed by atoms with Crippen molar-refractivity contribution >= 4 is 5.91 Å². The SMILES string of the molecule is COc1ccc([C@](C)(O)[C@@H]2CCCN2C(=O)CCc2ccoc2)cc1. The van der Waals surface area contributed by atoms with E-state index >= 15 is 0 Å². The largest absolute Gasteiger partial charge is 0.497 e. The fourth-order valence-corrected chi connectivity index (χ4v) is 3.60. The Labute approximate surface area is 148 Å². The number of benzene rings is 1. The van der Waals surface area contributed by atoms with Gasteiger partial charge >= 0.3 is 0 Å². The molecule has 1 aliphatic heterocycles. The maximum Gasteiger partial charge on any atom is 0.223 e. The molecule has 0 unspecified atom stereocenters. The Kier molecular flexibility index (Phi) is 5.13. The van der Waals surface area contributed by atoms with Crippen molar-refractivity contribution < 1.29 is 19.1 Å². The molecule has 1 N–H and O–H groups in total. The molecule has 3 rings (SSSR count). The molecule has 0 saturated carbocycles. The van der Waals surface area contributed by atoms with Gasteiger partial charge in [-0.15, -0.1) is 0 Å². The second-order valence-corrected chi connectivity index (χ2v) is 6.75. The molecule has 0 bridgehead atoms. The molecular weight excluding hydrogens is 318 g/mol. The third kappa shape index (κ3) is 3.71. The zero-order chi connectivity index (χ0) is 17.9. The van der Waals surface area contributed by atoms with Gasteiger partial charge in [0.1, 0.15) is 11.4 Å². The first-order valence-electron chi connectivity index (χ1n) is 8.70. The monoisotopic (exact) mass is 343 g/mol. The summed E-state index contributed by atoms with van der Waals surface area (Å²) in [6.07, 6.45) is 6.08. The summed E-state index contributed by atoms with van der Waals surface area (Å²) in [7, 11) is 1.62. The van der Waals surface area contributed by atoms with E-state index in [1.165, 1.54) is 0 Å². The number of nitrogens with zero attached hydrogens (tertiary/aromatic N) is 1. The van der Waals surface area contributed by atoms with Crippen LogP contribution in [0.25, 0.3) is 0 Å². The zero-order valence-electron chi connectivity index (χ0n) is 14.8. The number of carbonyl (C=O) groups excluding carboxylic acids is 1. The highest BCUT2D eigenvalue weighted by Gasteiger charge is 2.42. The van der Waals surface area contributed by atoms with Gasteiger partial charge < -0.3 is 19.2 Å². The Hall–Kier alpha value is -2.27. The van der Waals surface area contributed by atoms with Gasteiger partial charge in [0.2, 0.25) is 5.91 Å². The average Bonchev–Trinajstić information content (AvgIpc) is 3.31. The summed E-state index contributed by atoms with van der Waals surface area (Å²) >= 11 is 0. The minimum Gasteiger partial charge on any atom is -0.497 e. The van der Waals surface area contributed by atoms with Crippen LogP contribution in [-0.4, -0.2) is 35.6 Å². The minimum atomic E-state index is -1.09. The van der Waals surface area contributed by atoms with Crippen LogP contribution < -0.4 is 4.74 Å². The number of ether oxygens (including phenoxy) is 1. The Morgan fingerprint density at radius 2 is 2.12 bits per heavy atom. The van der Waals surface area contributed by atoms with Gasteiger partial charge in [-0.05, 0) is 55.5 Å². The predicted molar refractivity (Wildman–Crippen MR) is 94.3 cm³/mol. The molecule has 1 aromatic heterocycles. The van der Waals surface area contributed by atoms with Crippen molar-refractivity contribution in [1.82, 2.24) is 4.90 Å². The number of carbonyl (C=O) groups is 1. The fraction of sp³-hybridized carbons (Fsp3) is 0.450. The maximum atomic E-state index is 12.7.